The molecule has 0 amide bonds. The molecular weight excluding hydrogens is 395 g/mol. The molecule has 1 N–H and O–H groups in total. The number of nitrogens with one attached hydrogen (secondary N) is 1. The largest absolute Gasteiger partial charge is 0.460 e. The van der Waals surface area contributed by atoms with Crippen molar-refractivity contribution in [3.63, 3.8) is 0 Å². The maximum Gasteiger partial charge on any atom is 0.460 e. The van der Waals surface area contributed by atoms with Gasteiger partial charge in [0.1, 0.15) is 0 Å². The van der Waals surface area contributed by atoms with Crippen molar-refractivity contribution in [2.75, 3.05) is 6.54 Å². The Morgan fingerprint density at radius 3 is 1.63 bits per heavy atom. The SMILES string of the molecule is CC1(C)CC(NCCC(F)(F)C(F)(F)C(F)(F)C(F)(F)F)CC(C)(C)N1[O]. The van der Waals surface area contributed by atoms with E-state index in [1.54, 1.807) is 27.7 Å². The molecule has 0 bridgehead atoms. The second-order valence-corrected chi connectivity index (χ2v) is 8.08. The van der Waals surface area contributed by atoms with Gasteiger partial charge in [-0.2, -0.15) is 39.5 Å². The normalized spacial score (nSPS) is 22.9. The first-order valence-corrected chi connectivity index (χ1v) is 8.10. The number of hydrogen-bond donors (Lipinski definition) is 1. The maximum atomic E-state index is 13.5. The first-order chi connectivity index (χ1) is 11.7. The number of piperidine rings is 1. The summed E-state index contributed by atoms with van der Waals surface area (Å²) in [6.07, 6.45) is -8.44. The zero-order chi connectivity index (χ0) is 21.7. The molecule has 3 nitrogen and oxygen atoms in total. The van der Waals surface area contributed by atoms with Gasteiger partial charge in [-0.05, 0) is 40.5 Å². The number of rotatable bonds is 6. The summed E-state index contributed by atoms with van der Waals surface area (Å²) in [4.78, 5) is 0. The van der Waals surface area contributed by atoms with E-state index >= 15 is 0 Å². The van der Waals surface area contributed by atoms with Gasteiger partial charge < -0.3 is 5.32 Å². The molecule has 0 saturated carbocycles. The second-order valence-electron chi connectivity index (χ2n) is 8.08. The highest BCUT2D eigenvalue weighted by Gasteiger charge is 2.81. The fourth-order valence-corrected chi connectivity index (χ4v) is 3.41. The van der Waals surface area contributed by atoms with Crippen LogP contribution in [0.15, 0.2) is 0 Å². The first kappa shape index (κ1) is 24.3. The number of halogens is 9. The average Bonchev–Trinajstić information content (AvgIpc) is 2.42. The van der Waals surface area contributed by atoms with E-state index in [0.29, 0.717) is 0 Å². The van der Waals surface area contributed by atoms with Gasteiger partial charge in [0.15, 0.2) is 0 Å². The van der Waals surface area contributed by atoms with Crippen LogP contribution in [-0.2, 0) is 5.21 Å². The standard InChI is InChI=1S/C15H22F9N2O/c1-10(2)7-9(8-11(3,4)26(10)27)25-6-5-12(16,17)13(18,19)14(20,21)15(22,23)24/h9,25H,5-8H2,1-4H3. The zero-order valence-electron chi connectivity index (χ0n) is 15.2. The Morgan fingerprint density at radius 1 is 0.852 bits per heavy atom. The molecule has 161 valence electrons. The summed E-state index contributed by atoms with van der Waals surface area (Å²) in [5.74, 6) is -19.1. The van der Waals surface area contributed by atoms with Gasteiger partial charge in [-0.15, -0.1) is 10.3 Å². The molecule has 1 fully saturated rings. The van der Waals surface area contributed by atoms with Crippen molar-refractivity contribution in [3.05, 3.63) is 0 Å². The Bertz CT molecular complexity index is 514. The van der Waals surface area contributed by atoms with Crippen LogP contribution in [0.4, 0.5) is 39.5 Å². The molecule has 1 radical (unpaired) electrons. The molecule has 1 aliphatic heterocycles. The Balaban J connectivity index is 2.80. The van der Waals surface area contributed by atoms with Crippen molar-refractivity contribution >= 4 is 0 Å². The van der Waals surface area contributed by atoms with Gasteiger partial charge in [-0.1, -0.05) is 0 Å². The monoisotopic (exact) mass is 417 g/mol. The highest BCUT2D eigenvalue weighted by molar-refractivity contribution is 5.01. The average molecular weight is 417 g/mol. The van der Waals surface area contributed by atoms with E-state index in [1.807, 2.05) is 0 Å². The van der Waals surface area contributed by atoms with Crippen molar-refractivity contribution in [2.45, 2.75) is 88.0 Å². The van der Waals surface area contributed by atoms with Crippen molar-refractivity contribution < 1.29 is 44.7 Å². The quantitative estimate of drug-likeness (QED) is 0.630. The summed E-state index contributed by atoms with van der Waals surface area (Å²) in [5, 5.41) is 15.5. The predicted octanol–water partition coefficient (Wildman–Crippen LogP) is 4.80. The van der Waals surface area contributed by atoms with Crippen molar-refractivity contribution in [1.82, 2.24) is 10.4 Å². The van der Waals surface area contributed by atoms with Gasteiger partial charge >= 0.3 is 23.9 Å². The lowest BCUT2D eigenvalue weighted by molar-refractivity contribution is -0.396. The molecule has 1 rings (SSSR count). The zero-order valence-corrected chi connectivity index (χ0v) is 15.2. The minimum absolute atomic E-state index is 0.153. The summed E-state index contributed by atoms with van der Waals surface area (Å²) in [7, 11) is 0. The number of nitrogens with zero attached hydrogens (tertiary/aromatic N) is 1. The summed E-state index contributed by atoms with van der Waals surface area (Å²) in [5.41, 5.74) is -1.82. The molecule has 1 heterocycles. The fourth-order valence-electron chi connectivity index (χ4n) is 3.41. The summed E-state index contributed by atoms with van der Waals surface area (Å²) in [6.45, 7) is 5.42. The van der Waals surface area contributed by atoms with Crippen LogP contribution < -0.4 is 5.32 Å². The Morgan fingerprint density at radius 2 is 1.26 bits per heavy atom. The minimum Gasteiger partial charge on any atom is -0.314 e. The molecule has 0 unspecified atom stereocenters. The van der Waals surface area contributed by atoms with Crippen LogP contribution in [0.25, 0.3) is 0 Å². The van der Waals surface area contributed by atoms with E-state index in [2.05, 4.69) is 5.32 Å². The van der Waals surface area contributed by atoms with Gasteiger partial charge in [0.25, 0.3) is 0 Å². The summed E-state index contributed by atoms with van der Waals surface area (Å²) >= 11 is 0. The molecule has 1 aliphatic rings. The molecule has 0 atom stereocenters. The molecule has 1 saturated heterocycles. The number of alkyl halides is 9. The predicted molar refractivity (Wildman–Crippen MR) is 77.2 cm³/mol. The highest BCUT2D eigenvalue weighted by Crippen LogP contribution is 2.53. The molecule has 0 aromatic rings. The highest BCUT2D eigenvalue weighted by atomic mass is 19.4. The van der Waals surface area contributed by atoms with Crippen LogP contribution >= 0.6 is 0 Å². The van der Waals surface area contributed by atoms with Crippen molar-refractivity contribution in [3.8, 4) is 0 Å². The van der Waals surface area contributed by atoms with Gasteiger partial charge in [-0.3, -0.25) is 0 Å². The van der Waals surface area contributed by atoms with Crippen LogP contribution in [0.5, 0.6) is 0 Å². The first-order valence-electron chi connectivity index (χ1n) is 8.10. The lowest BCUT2D eigenvalue weighted by atomic mass is 9.79. The van der Waals surface area contributed by atoms with Crippen molar-refractivity contribution in [2.24, 2.45) is 0 Å². The van der Waals surface area contributed by atoms with Gasteiger partial charge in [0, 0.05) is 30.1 Å². The lowest BCUT2D eigenvalue weighted by Gasteiger charge is -2.50. The molecule has 12 heteroatoms. The van der Waals surface area contributed by atoms with E-state index in [4.69, 9.17) is 0 Å². The minimum atomic E-state index is -6.87. The van der Waals surface area contributed by atoms with Crippen LogP contribution in [0, 0.1) is 0 Å². The molecule has 0 aliphatic carbocycles. The van der Waals surface area contributed by atoms with E-state index in [0.717, 1.165) is 5.06 Å². The third kappa shape index (κ3) is 4.47. The van der Waals surface area contributed by atoms with Gasteiger partial charge in [-0.25, -0.2) is 0 Å². The van der Waals surface area contributed by atoms with Gasteiger partial charge in [0.05, 0.1) is 0 Å². The molecule has 27 heavy (non-hydrogen) atoms. The molecule has 0 aromatic carbocycles. The molecule has 0 aromatic heterocycles. The molecule has 0 spiro atoms. The number of hydroxylamine groups is 2. The lowest BCUT2D eigenvalue weighted by Crippen LogP contribution is -2.63. The fraction of sp³-hybridized carbons (Fsp3) is 1.00. The Labute approximate surface area is 150 Å². The second kappa shape index (κ2) is 6.94. The van der Waals surface area contributed by atoms with Gasteiger partial charge in [0.2, 0.25) is 0 Å². The molecular formula is C15H22F9N2O. The Hall–Kier alpha value is -0.750. The van der Waals surface area contributed by atoms with Crippen LogP contribution in [-0.4, -0.2) is 52.7 Å². The maximum absolute atomic E-state index is 13.5. The van der Waals surface area contributed by atoms with Crippen LogP contribution in [0.2, 0.25) is 0 Å². The third-order valence-electron chi connectivity index (χ3n) is 4.67. The van der Waals surface area contributed by atoms with Crippen LogP contribution in [0.3, 0.4) is 0 Å². The van der Waals surface area contributed by atoms with E-state index in [-0.39, 0.29) is 12.8 Å². The third-order valence-corrected chi connectivity index (χ3v) is 4.67. The summed E-state index contributed by atoms with van der Waals surface area (Å²) < 4.78 is 115. The Kier molecular flexibility index (Phi) is 6.24. The van der Waals surface area contributed by atoms with E-state index in [9.17, 15) is 44.7 Å². The smallest absolute Gasteiger partial charge is 0.314 e. The topological polar surface area (TPSA) is 35.2 Å². The van der Waals surface area contributed by atoms with E-state index < -0.39 is 54.0 Å². The van der Waals surface area contributed by atoms with E-state index in [1.165, 1.54) is 0 Å². The van der Waals surface area contributed by atoms with Crippen LogP contribution in [0.1, 0.15) is 47.0 Å². The number of hydrogen-bond acceptors (Lipinski definition) is 2. The summed E-state index contributed by atoms with van der Waals surface area (Å²) in [6, 6.07) is -0.576. The van der Waals surface area contributed by atoms with Crippen molar-refractivity contribution in [1.29, 1.82) is 0 Å².